The van der Waals surface area contributed by atoms with Gasteiger partial charge in [0, 0.05) is 6.42 Å². The number of hydrogen-bond donors (Lipinski definition) is 0. The van der Waals surface area contributed by atoms with Crippen LogP contribution < -0.4 is 0 Å². The first-order valence-electron chi connectivity index (χ1n) is 3.46. The Kier molecular flexibility index (Phi) is 5.51. The average Bonchev–Trinajstić information content (AvgIpc) is 1.58. The highest BCUT2D eigenvalue weighted by atomic mass is 35.5. The van der Waals surface area contributed by atoms with E-state index < -0.39 is 0 Å². The Hall–Kier alpha value is 0.540. The summed E-state index contributed by atoms with van der Waals surface area (Å²) in [5.41, 5.74) is 0. The minimum absolute atomic E-state index is 0.153. The maximum Gasteiger partial charge on any atom is 0.110 e. The topological polar surface area (TPSA) is 9.23 Å². The molecular weight excluding hydrogens is 171 g/mol. The Morgan fingerprint density at radius 2 is 1.70 bits per heavy atom. The quantitative estimate of drug-likeness (QED) is 0.611. The molecular formula is C7H14Cl2O. The first kappa shape index (κ1) is 10.5. The number of halogens is 2. The highest BCUT2D eigenvalue weighted by Gasteiger charge is 2.08. The van der Waals surface area contributed by atoms with E-state index in [4.69, 9.17) is 27.9 Å². The van der Waals surface area contributed by atoms with Gasteiger partial charge < -0.3 is 4.74 Å². The van der Waals surface area contributed by atoms with Crippen LogP contribution in [0.5, 0.6) is 0 Å². The normalized spacial score (nSPS) is 14.7. The molecule has 0 saturated carbocycles. The van der Waals surface area contributed by atoms with Gasteiger partial charge in [-0.2, -0.15) is 0 Å². The van der Waals surface area contributed by atoms with E-state index in [0.29, 0.717) is 6.42 Å². The lowest BCUT2D eigenvalue weighted by atomic mass is 10.3. The van der Waals surface area contributed by atoms with Crippen LogP contribution in [0.1, 0.15) is 27.2 Å². The Morgan fingerprint density at radius 1 is 1.20 bits per heavy atom. The summed E-state index contributed by atoms with van der Waals surface area (Å²) in [6.07, 6.45) is 1.10. The molecule has 0 amide bonds. The van der Waals surface area contributed by atoms with Crippen molar-refractivity contribution in [2.75, 3.05) is 0 Å². The molecule has 0 heterocycles. The van der Waals surface area contributed by atoms with Crippen molar-refractivity contribution in [3.8, 4) is 0 Å². The maximum atomic E-state index is 5.54. The summed E-state index contributed by atoms with van der Waals surface area (Å²) >= 11 is 11.1. The number of hydrogen-bond acceptors (Lipinski definition) is 1. The Balaban J connectivity index is 3.34. The molecule has 0 aromatic carbocycles. The van der Waals surface area contributed by atoms with Gasteiger partial charge in [-0.1, -0.05) is 0 Å². The summed E-state index contributed by atoms with van der Waals surface area (Å²) in [4.78, 5) is -0.311. The molecule has 0 aliphatic heterocycles. The van der Waals surface area contributed by atoms with E-state index in [2.05, 4.69) is 0 Å². The molecule has 10 heavy (non-hydrogen) atoms. The van der Waals surface area contributed by atoms with E-state index in [1.165, 1.54) is 0 Å². The summed E-state index contributed by atoms with van der Waals surface area (Å²) in [6, 6.07) is 0. The molecule has 62 valence electrons. The smallest absolute Gasteiger partial charge is 0.110 e. The molecule has 0 aromatic heterocycles. The van der Waals surface area contributed by atoms with Crippen molar-refractivity contribution in [1.29, 1.82) is 0 Å². The van der Waals surface area contributed by atoms with E-state index in [-0.39, 0.29) is 17.0 Å². The SMILES string of the molecule is CC(C)OC(C)CC(Cl)Cl. The molecule has 0 spiro atoms. The molecule has 1 atom stereocenters. The highest BCUT2D eigenvalue weighted by Crippen LogP contribution is 2.12. The summed E-state index contributed by atoms with van der Waals surface area (Å²) in [7, 11) is 0. The van der Waals surface area contributed by atoms with Crippen LogP contribution in [0.15, 0.2) is 0 Å². The Bertz CT molecular complexity index is 73.7. The zero-order chi connectivity index (χ0) is 8.15. The van der Waals surface area contributed by atoms with Gasteiger partial charge in [0.15, 0.2) is 0 Å². The standard InChI is InChI=1S/C7H14Cl2O/c1-5(2)10-6(3)4-7(8)9/h5-7H,4H2,1-3H3. The van der Waals surface area contributed by atoms with E-state index in [1.807, 2.05) is 20.8 Å². The van der Waals surface area contributed by atoms with Gasteiger partial charge >= 0.3 is 0 Å². The minimum Gasteiger partial charge on any atom is -0.376 e. The van der Waals surface area contributed by atoms with Crippen molar-refractivity contribution in [2.24, 2.45) is 0 Å². The minimum atomic E-state index is -0.311. The predicted octanol–water partition coefficient (Wildman–Crippen LogP) is 2.99. The van der Waals surface area contributed by atoms with Crippen molar-refractivity contribution < 1.29 is 4.74 Å². The van der Waals surface area contributed by atoms with Crippen LogP contribution in [0.3, 0.4) is 0 Å². The summed E-state index contributed by atoms with van der Waals surface area (Å²) < 4.78 is 5.39. The third kappa shape index (κ3) is 6.66. The molecule has 0 radical (unpaired) electrons. The van der Waals surface area contributed by atoms with E-state index in [9.17, 15) is 0 Å². The van der Waals surface area contributed by atoms with Gasteiger partial charge in [0.25, 0.3) is 0 Å². The number of rotatable bonds is 4. The average molecular weight is 185 g/mol. The van der Waals surface area contributed by atoms with Gasteiger partial charge in [-0.05, 0) is 20.8 Å². The van der Waals surface area contributed by atoms with Crippen molar-refractivity contribution >= 4 is 23.2 Å². The van der Waals surface area contributed by atoms with Crippen LogP contribution in [0.2, 0.25) is 0 Å². The van der Waals surface area contributed by atoms with Gasteiger partial charge in [0.1, 0.15) is 4.84 Å². The van der Waals surface area contributed by atoms with Gasteiger partial charge in [-0.25, -0.2) is 0 Å². The lowest BCUT2D eigenvalue weighted by Gasteiger charge is -2.15. The third-order valence-corrected chi connectivity index (χ3v) is 1.37. The molecule has 1 unspecified atom stereocenters. The first-order valence-corrected chi connectivity index (χ1v) is 4.33. The zero-order valence-corrected chi connectivity index (χ0v) is 8.12. The second-order valence-corrected chi connectivity index (χ2v) is 3.90. The molecule has 0 rings (SSSR count). The second kappa shape index (κ2) is 5.22. The number of alkyl halides is 2. The monoisotopic (exact) mass is 184 g/mol. The molecule has 0 fully saturated rings. The molecule has 1 nitrogen and oxygen atoms in total. The molecule has 0 bridgehead atoms. The Morgan fingerprint density at radius 3 is 2.00 bits per heavy atom. The zero-order valence-electron chi connectivity index (χ0n) is 6.60. The highest BCUT2D eigenvalue weighted by molar-refractivity contribution is 6.44. The fourth-order valence-electron chi connectivity index (χ4n) is 0.771. The molecule has 0 aliphatic rings. The van der Waals surface area contributed by atoms with Gasteiger partial charge in [0.05, 0.1) is 12.2 Å². The van der Waals surface area contributed by atoms with Crippen molar-refractivity contribution in [2.45, 2.75) is 44.2 Å². The summed E-state index contributed by atoms with van der Waals surface area (Å²) in [5, 5.41) is 0. The van der Waals surface area contributed by atoms with Crippen molar-refractivity contribution in [3.63, 3.8) is 0 Å². The molecule has 0 aromatic rings. The van der Waals surface area contributed by atoms with Crippen LogP contribution >= 0.6 is 23.2 Å². The maximum absolute atomic E-state index is 5.54. The molecule has 0 aliphatic carbocycles. The third-order valence-electron chi connectivity index (χ3n) is 1.01. The lowest BCUT2D eigenvalue weighted by molar-refractivity contribution is 0.0165. The summed E-state index contributed by atoms with van der Waals surface area (Å²) in [5.74, 6) is 0. The van der Waals surface area contributed by atoms with E-state index >= 15 is 0 Å². The van der Waals surface area contributed by atoms with Crippen LogP contribution in [0, 0.1) is 0 Å². The number of ether oxygens (including phenoxy) is 1. The van der Waals surface area contributed by atoms with E-state index in [1.54, 1.807) is 0 Å². The molecule has 3 heteroatoms. The van der Waals surface area contributed by atoms with Crippen LogP contribution in [-0.4, -0.2) is 17.0 Å². The largest absolute Gasteiger partial charge is 0.376 e. The van der Waals surface area contributed by atoms with Crippen LogP contribution in [0.4, 0.5) is 0 Å². The molecule has 0 N–H and O–H groups in total. The lowest BCUT2D eigenvalue weighted by Crippen LogP contribution is -2.16. The summed E-state index contributed by atoms with van der Waals surface area (Å²) in [6.45, 7) is 5.96. The van der Waals surface area contributed by atoms with E-state index in [0.717, 1.165) is 0 Å². The van der Waals surface area contributed by atoms with Gasteiger partial charge in [-0.3, -0.25) is 0 Å². The Labute approximate surface area is 72.6 Å². The fraction of sp³-hybridized carbons (Fsp3) is 1.00. The van der Waals surface area contributed by atoms with Crippen molar-refractivity contribution in [1.82, 2.24) is 0 Å². The second-order valence-electron chi connectivity index (χ2n) is 2.62. The first-order chi connectivity index (χ1) is 4.52. The van der Waals surface area contributed by atoms with Crippen LogP contribution in [0.25, 0.3) is 0 Å². The fourth-order valence-corrected chi connectivity index (χ4v) is 1.27. The van der Waals surface area contributed by atoms with Gasteiger partial charge in [0.2, 0.25) is 0 Å². The van der Waals surface area contributed by atoms with Gasteiger partial charge in [-0.15, -0.1) is 23.2 Å². The van der Waals surface area contributed by atoms with Crippen LogP contribution in [-0.2, 0) is 4.74 Å². The molecule has 0 saturated heterocycles. The predicted molar refractivity (Wildman–Crippen MR) is 45.8 cm³/mol. The van der Waals surface area contributed by atoms with Crippen molar-refractivity contribution in [3.05, 3.63) is 0 Å².